The molecular weight excluding hydrogens is 414 g/mol. The molecule has 0 aliphatic carbocycles. The fraction of sp³-hybridized carbons (Fsp3) is 0.273. The van der Waals surface area contributed by atoms with Gasteiger partial charge in [0.05, 0.1) is 41.3 Å². The monoisotopic (exact) mass is 433 g/mol. The third-order valence-corrected chi connectivity index (χ3v) is 5.67. The van der Waals surface area contributed by atoms with Gasteiger partial charge in [0, 0.05) is 12.6 Å². The Labute approximate surface area is 182 Å². The van der Waals surface area contributed by atoms with E-state index in [9.17, 15) is 19.8 Å². The highest BCUT2D eigenvalue weighted by atomic mass is 16.5. The first kappa shape index (κ1) is 20.1. The Balaban J connectivity index is 1.46. The number of carbonyl (C=O) groups excluding carboxylic acids is 2. The van der Waals surface area contributed by atoms with Crippen LogP contribution in [0.25, 0.3) is 11.0 Å². The van der Waals surface area contributed by atoms with E-state index < -0.39 is 18.4 Å². The summed E-state index contributed by atoms with van der Waals surface area (Å²) in [4.78, 5) is 34.4. The van der Waals surface area contributed by atoms with Crippen molar-refractivity contribution in [1.29, 1.82) is 0 Å². The molecule has 3 atom stereocenters. The fourth-order valence-electron chi connectivity index (χ4n) is 4.07. The SMILES string of the molecule is Nc1ncnc2c1c(C#CCN1C(=O)c3ccccc3C1=O)cn2[C@H]1C[C@H](O)[C@@H](CO)O1. The summed E-state index contributed by atoms with van der Waals surface area (Å²) in [5.74, 6) is 5.29. The molecule has 0 unspecified atom stereocenters. The van der Waals surface area contributed by atoms with E-state index >= 15 is 0 Å². The molecule has 0 saturated carbocycles. The van der Waals surface area contributed by atoms with Gasteiger partial charge in [-0.1, -0.05) is 24.0 Å². The first-order valence-electron chi connectivity index (χ1n) is 9.99. The Bertz CT molecular complexity index is 1270. The molecule has 4 N–H and O–H groups in total. The number of anilines is 1. The van der Waals surface area contributed by atoms with E-state index in [1.54, 1.807) is 35.0 Å². The summed E-state index contributed by atoms with van der Waals surface area (Å²) < 4.78 is 7.43. The van der Waals surface area contributed by atoms with Crippen molar-refractivity contribution in [1.82, 2.24) is 19.4 Å². The number of carbonyl (C=O) groups is 2. The van der Waals surface area contributed by atoms with Crippen LogP contribution in [0.5, 0.6) is 0 Å². The van der Waals surface area contributed by atoms with Crippen LogP contribution in [0.1, 0.15) is 38.9 Å². The third kappa shape index (κ3) is 3.11. The topological polar surface area (TPSA) is 144 Å². The van der Waals surface area contributed by atoms with Crippen molar-refractivity contribution in [3.8, 4) is 11.8 Å². The molecule has 1 fully saturated rings. The van der Waals surface area contributed by atoms with Gasteiger partial charge in [0.1, 0.15) is 30.1 Å². The van der Waals surface area contributed by atoms with Gasteiger partial charge in [0.25, 0.3) is 11.8 Å². The molecule has 162 valence electrons. The highest BCUT2D eigenvalue weighted by molar-refractivity contribution is 6.21. The molecule has 1 saturated heterocycles. The number of imide groups is 1. The van der Waals surface area contributed by atoms with Gasteiger partial charge in [-0.2, -0.15) is 0 Å². The molecule has 1 aromatic carbocycles. The lowest BCUT2D eigenvalue weighted by Gasteiger charge is -2.14. The Morgan fingerprint density at radius 1 is 1.19 bits per heavy atom. The number of rotatable bonds is 3. The lowest BCUT2D eigenvalue weighted by molar-refractivity contribution is -0.0430. The van der Waals surface area contributed by atoms with Gasteiger partial charge in [-0.15, -0.1) is 0 Å². The summed E-state index contributed by atoms with van der Waals surface area (Å²) in [6.45, 7) is -0.390. The summed E-state index contributed by atoms with van der Waals surface area (Å²) >= 11 is 0. The van der Waals surface area contributed by atoms with E-state index in [4.69, 9.17) is 10.5 Å². The van der Waals surface area contributed by atoms with E-state index in [2.05, 4.69) is 21.8 Å². The quantitative estimate of drug-likeness (QED) is 0.395. The number of fused-ring (bicyclic) bond motifs is 2. The molecule has 2 aliphatic rings. The van der Waals surface area contributed by atoms with E-state index in [0.717, 1.165) is 4.90 Å². The molecule has 0 bridgehead atoms. The number of hydrogen-bond donors (Lipinski definition) is 3. The second kappa shape index (κ2) is 7.72. The van der Waals surface area contributed by atoms with E-state index in [-0.39, 0.29) is 37.2 Å². The van der Waals surface area contributed by atoms with Gasteiger partial charge in [-0.05, 0) is 12.1 Å². The number of nitrogens with zero attached hydrogens (tertiary/aromatic N) is 4. The smallest absolute Gasteiger partial charge is 0.262 e. The number of aromatic nitrogens is 3. The Hall–Kier alpha value is -3.78. The summed E-state index contributed by atoms with van der Waals surface area (Å²) in [7, 11) is 0. The molecule has 32 heavy (non-hydrogen) atoms. The average molecular weight is 433 g/mol. The zero-order chi connectivity index (χ0) is 22.4. The van der Waals surface area contributed by atoms with Gasteiger partial charge < -0.3 is 25.3 Å². The zero-order valence-corrected chi connectivity index (χ0v) is 16.8. The maximum absolute atomic E-state index is 12.5. The van der Waals surface area contributed by atoms with Gasteiger partial charge in [0.15, 0.2) is 0 Å². The second-order valence-corrected chi connectivity index (χ2v) is 7.57. The summed E-state index contributed by atoms with van der Waals surface area (Å²) in [6.07, 6.45) is 1.19. The Morgan fingerprint density at radius 2 is 1.91 bits per heavy atom. The number of aliphatic hydroxyl groups is 2. The van der Waals surface area contributed by atoms with Crippen LogP contribution in [0, 0.1) is 11.8 Å². The molecule has 0 radical (unpaired) electrons. The lowest BCUT2D eigenvalue weighted by Crippen LogP contribution is -2.29. The summed E-state index contributed by atoms with van der Waals surface area (Å²) in [5, 5.41) is 20.0. The van der Waals surface area contributed by atoms with Gasteiger partial charge in [0.2, 0.25) is 0 Å². The van der Waals surface area contributed by atoms with Crippen LogP contribution in [0.4, 0.5) is 5.82 Å². The summed E-state index contributed by atoms with van der Waals surface area (Å²) in [6, 6.07) is 6.65. The number of hydrogen-bond acceptors (Lipinski definition) is 8. The third-order valence-electron chi connectivity index (χ3n) is 5.67. The van der Waals surface area contributed by atoms with Crippen molar-refractivity contribution in [2.75, 3.05) is 18.9 Å². The van der Waals surface area contributed by atoms with Crippen LogP contribution >= 0.6 is 0 Å². The molecule has 3 aromatic rings. The minimum absolute atomic E-state index is 0.0855. The number of amides is 2. The van der Waals surface area contributed by atoms with E-state index in [1.165, 1.54) is 6.33 Å². The normalized spacial score (nSPS) is 22.3. The molecule has 2 amide bonds. The lowest BCUT2D eigenvalue weighted by atomic mass is 10.1. The van der Waals surface area contributed by atoms with Crippen LogP contribution < -0.4 is 5.73 Å². The van der Waals surface area contributed by atoms with E-state index in [0.29, 0.717) is 27.7 Å². The maximum Gasteiger partial charge on any atom is 0.262 e. The van der Waals surface area contributed by atoms with Crippen LogP contribution in [-0.4, -0.2) is 66.8 Å². The largest absolute Gasteiger partial charge is 0.394 e. The second-order valence-electron chi connectivity index (χ2n) is 7.57. The van der Waals surface area contributed by atoms with Gasteiger partial charge in [-0.25, -0.2) is 9.97 Å². The number of nitrogen functional groups attached to an aromatic ring is 1. The fourth-order valence-corrected chi connectivity index (χ4v) is 4.07. The molecule has 10 heteroatoms. The van der Waals surface area contributed by atoms with Gasteiger partial charge >= 0.3 is 0 Å². The number of nitrogens with two attached hydrogens (primary N) is 1. The molecule has 2 aromatic heterocycles. The van der Waals surface area contributed by atoms with Crippen molar-refractivity contribution < 1.29 is 24.5 Å². The Kier molecular flexibility index (Phi) is 4.86. The first-order valence-corrected chi connectivity index (χ1v) is 9.99. The predicted molar refractivity (Wildman–Crippen MR) is 112 cm³/mol. The first-order chi connectivity index (χ1) is 15.5. The van der Waals surface area contributed by atoms with Crippen molar-refractivity contribution in [3.05, 3.63) is 53.5 Å². The van der Waals surface area contributed by atoms with Crippen molar-refractivity contribution in [2.45, 2.75) is 24.9 Å². The van der Waals surface area contributed by atoms with Crippen molar-refractivity contribution in [2.24, 2.45) is 0 Å². The molecule has 4 heterocycles. The van der Waals surface area contributed by atoms with Crippen LogP contribution in [0.2, 0.25) is 0 Å². The zero-order valence-electron chi connectivity index (χ0n) is 16.8. The minimum atomic E-state index is -0.815. The molecule has 5 rings (SSSR count). The molecule has 0 spiro atoms. The molecule has 2 aliphatic heterocycles. The number of benzene rings is 1. The highest BCUT2D eigenvalue weighted by Gasteiger charge is 2.36. The van der Waals surface area contributed by atoms with Crippen LogP contribution in [0.15, 0.2) is 36.8 Å². The molecule has 10 nitrogen and oxygen atoms in total. The predicted octanol–water partition coefficient (Wildman–Crippen LogP) is 0.302. The van der Waals surface area contributed by atoms with Gasteiger partial charge in [-0.3, -0.25) is 14.5 Å². The summed E-state index contributed by atoms with van der Waals surface area (Å²) in [5.41, 5.74) is 7.76. The maximum atomic E-state index is 12.5. The number of aliphatic hydroxyl groups excluding tert-OH is 2. The molecular formula is C22H19N5O5. The van der Waals surface area contributed by atoms with E-state index in [1.807, 2.05) is 0 Å². The number of ether oxygens (including phenoxy) is 1. The van der Waals surface area contributed by atoms with Crippen LogP contribution in [-0.2, 0) is 4.74 Å². The van der Waals surface area contributed by atoms with Crippen molar-refractivity contribution >= 4 is 28.7 Å². The van der Waals surface area contributed by atoms with Crippen LogP contribution in [0.3, 0.4) is 0 Å². The highest BCUT2D eigenvalue weighted by Crippen LogP contribution is 2.33. The standard InChI is InChI=1S/C22H19N5O5/c23-19-18-12(4-3-7-26-21(30)13-5-1-2-6-14(13)22(26)31)9-27(20(18)25-11-24-19)17-8-15(29)16(10-28)32-17/h1-2,5-6,9,11,15-17,28-29H,7-8,10H2,(H2,23,24,25)/t15-,16+,17+/m0/s1. The van der Waals surface area contributed by atoms with Crippen molar-refractivity contribution in [3.63, 3.8) is 0 Å². The average Bonchev–Trinajstić information content (AvgIpc) is 3.43. The minimum Gasteiger partial charge on any atom is -0.394 e. The Morgan fingerprint density at radius 3 is 2.56 bits per heavy atom.